The highest BCUT2D eigenvalue weighted by Crippen LogP contribution is 2.24. The van der Waals surface area contributed by atoms with Crippen molar-refractivity contribution in [3.63, 3.8) is 0 Å². The first kappa shape index (κ1) is 13.4. The van der Waals surface area contributed by atoms with Crippen LogP contribution in [0.2, 0.25) is 0 Å². The lowest BCUT2D eigenvalue weighted by atomic mass is 10.1. The van der Waals surface area contributed by atoms with Gasteiger partial charge >= 0.3 is 0 Å². The van der Waals surface area contributed by atoms with E-state index >= 15 is 0 Å². The van der Waals surface area contributed by atoms with Gasteiger partial charge in [0.1, 0.15) is 5.75 Å². The molecule has 1 aliphatic heterocycles. The zero-order valence-electron chi connectivity index (χ0n) is 10.5. The summed E-state index contributed by atoms with van der Waals surface area (Å²) in [6.45, 7) is 2.38. The number of nitrogens with one attached hydrogen (secondary N) is 1. The van der Waals surface area contributed by atoms with Crippen LogP contribution in [0.1, 0.15) is 31.4 Å². The second kappa shape index (κ2) is 5.28. The van der Waals surface area contributed by atoms with E-state index in [9.17, 15) is 13.5 Å². The average molecular weight is 269 g/mol. The molecule has 0 radical (unpaired) electrons. The van der Waals surface area contributed by atoms with Crippen LogP contribution in [-0.2, 0) is 9.84 Å². The summed E-state index contributed by atoms with van der Waals surface area (Å²) in [4.78, 5) is 0. The van der Waals surface area contributed by atoms with Gasteiger partial charge in [0.05, 0.1) is 11.0 Å². The Bertz CT molecular complexity index is 513. The van der Waals surface area contributed by atoms with Crippen molar-refractivity contribution < 1.29 is 13.5 Å². The Morgan fingerprint density at radius 3 is 2.78 bits per heavy atom. The molecule has 4 nitrogen and oxygen atoms in total. The molecular formula is C13H19NO3S. The fourth-order valence-electron chi connectivity index (χ4n) is 2.36. The van der Waals surface area contributed by atoms with E-state index in [1.165, 1.54) is 0 Å². The van der Waals surface area contributed by atoms with Crippen molar-refractivity contribution in [2.75, 3.05) is 12.3 Å². The van der Waals surface area contributed by atoms with Gasteiger partial charge in [-0.1, -0.05) is 18.2 Å². The Morgan fingerprint density at radius 2 is 2.17 bits per heavy atom. The topological polar surface area (TPSA) is 66.4 Å². The highest BCUT2D eigenvalue weighted by Gasteiger charge is 2.31. The molecule has 0 saturated carbocycles. The first-order valence-corrected chi connectivity index (χ1v) is 7.95. The summed E-state index contributed by atoms with van der Waals surface area (Å²) in [5.41, 5.74) is 0.799. The summed E-state index contributed by atoms with van der Waals surface area (Å²) in [5.74, 6) is 0.552. The molecule has 2 rings (SSSR count). The zero-order valence-corrected chi connectivity index (χ0v) is 11.3. The quantitative estimate of drug-likeness (QED) is 0.871. The highest BCUT2D eigenvalue weighted by atomic mass is 32.2. The monoisotopic (exact) mass is 269 g/mol. The van der Waals surface area contributed by atoms with E-state index in [0.717, 1.165) is 18.4 Å². The second-order valence-corrected chi connectivity index (χ2v) is 7.22. The predicted molar refractivity (Wildman–Crippen MR) is 71.3 cm³/mol. The Hall–Kier alpha value is -1.07. The van der Waals surface area contributed by atoms with Crippen LogP contribution in [0.25, 0.3) is 0 Å². The number of phenols is 1. The Kier molecular flexibility index (Phi) is 3.92. The number of hydrogen-bond acceptors (Lipinski definition) is 4. The molecule has 2 atom stereocenters. The van der Waals surface area contributed by atoms with Crippen molar-refractivity contribution in [3.8, 4) is 5.75 Å². The summed E-state index contributed by atoms with van der Waals surface area (Å²) in [6.07, 6.45) is 1.50. The van der Waals surface area contributed by atoms with Crippen molar-refractivity contribution in [1.29, 1.82) is 0 Å². The number of phenolic OH excluding ortho intramolecular Hbond substituents is 1. The minimum atomic E-state index is -2.90. The molecule has 1 aromatic carbocycles. The average Bonchev–Trinajstić information content (AvgIpc) is 2.66. The number of aromatic hydroxyl groups is 1. The van der Waals surface area contributed by atoms with Crippen molar-refractivity contribution in [1.82, 2.24) is 5.32 Å². The van der Waals surface area contributed by atoms with E-state index in [1.54, 1.807) is 12.1 Å². The zero-order chi connectivity index (χ0) is 13.2. The fraction of sp³-hybridized carbons (Fsp3) is 0.538. The summed E-state index contributed by atoms with van der Waals surface area (Å²) in [6, 6.07) is 7.06. The Morgan fingerprint density at radius 1 is 1.44 bits per heavy atom. The lowest BCUT2D eigenvalue weighted by molar-refractivity contribution is 0.451. The molecule has 0 bridgehead atoms. The van der Waals surface area contributed by atoms with Gasteiger partial charge in [-0.25, -0.2) is 8.42 Å². The van der Waals surface area contributed by atoms with E-state index in [4.69, 9.17) is 0 Å². The van der Waals surface area contributed by atoms with E-state index < -0.39 is 9.84 Å². The largest absolute Gasteiger partial charge is 0.508 e. The van der Waals surface area contributed by atoms with Gasteiger partial charge in [0.15, 0.2) is 9.84 Å². The van der Waals surface area contributed by atoms with Gasteiger partial charge < -0.3 is 10.4 Å². The molecule has 18 heavy (non-hydrogen) atoms. The van der Waals surface area contributed by atoms with Crippen molar-refractivity contribution in [2.24, 2.45) is 0 Å². The van der Waals surface area contributed by atoms with E-state index in [1.807, 2.05) is 19.1 Å². The standard InChI is InChI=1S/C13H19NO3S/c1-10(12-6-2-3-7-13(12)15)14-9-11-5-4-8-18(11,16)17/h2-3,6-7,10-11,14-15H,4-5,8-9H2,1H3. The smallest absolute Gasteiger partial charge is 0.154 e. The van der Waals surface area contributed by atoms with Gasteiger partial charge in [-0.15, -0.1) is 0 Å². The number of para-hydroxylation sites is 1. The molecule has 0 aliphatic carbocycles. The molecule has 1 fully saturated rings. The van der Waals surface area contributed by atoms with E-state index in [2.05, 4.69) is 5.32 Å². The molecule has 0 aromatic heterocycles. The molecule has 1 aliphatic rings. The van der Waals surface area contributed by atoms with Gasteiger partial charge in [0.2, 0.25) is 0 Å². The molecule has 100 valence electrons. The molecule has 1 aromatic rings. The molecule has 2 N–H and O–H groups in total. The second-order valence-electron chi connectivity index (χ2n) is 4.82. The lowest BCUT2D eigenvalue weighted by Gasteiger charge is -2.18. The highest BCUT2D eigenvalue weighted by molar-refractivity contribution is 7.92. The third-order valence-corrected chi connectivity index (χ3v) is 5.79. The van der Waals surface area contributed by atoms with Crippen LogP contribution in [0.4, 0.5) is 0 Å². The fourth-order valence-corrected chi connectivity index (χ4v) is 4.14. The maximum Gasteiger partial charge on any atom is 0.154 e. The van der Waals surface area contributed by atoms with Gasteiger partial charge in [-0.2, -0.15) is 0 Å². The van der Waals surface area contributed by atoms with Gasteiger partial charge in [-0.05, 0) is 25.8 Å². The molecule has 1 heterocycles. The first-order valence-electron chi connectivity index (χ1n) is 6.23. The van der Waals surface area contributed by atoms with Gasteiger partial charge in [-0.3, -0.25) is 0 Å². The van der Waals surface area contributed by atoms with E-state index in [0.29, 0.717) is 12.3 Å². The van der Waals surface area contributed by atoms with Crippen molar-refractivity contribution in [3.05, 3.63) is 29.8 Å². The maximum absolute atomic E-state index is 11.7. The normalized spacial score (nSPS) is 23.9. The van der Waals surface area contributed by atoms with Crippen LogP contribution in [0.5, 0.6) is 5.75 Å². The molecular weight excluding hydrogens is 250 g/mol. The first-order chi connectivity index (χ1) is 8.50. The molecule has 0 spiro atoms. The van der Waals surface area contributed by atoms with E-state index in [-0.39, 0.29) is 17.0 Å². The Balaban J connectivity index is 1.97. The third-order valence-electron chi connectivity index (χ3n) is 3.52. The van der Waals surface area contributed by atoms with Crippen LogP contribution >= 0.6 is 0 Å². The number of rotatable bonds is 4. The summed E-state index contributed by atoms with van der Waals surface area (Å²) in [5, 5.41) is 12.6. The van der Waals surface area contributed by atoms with Crippen molar-refractivity contribution >= 4 is 9.84 Å². The SMILES string of the molecule is CC(NCC1CCCS1(=O)=O)c1ccccc1O. The van der Waals surface area contributed by atoms with Crippen LogP contribution in [0.3, 0.4) is 0 Å². The number of hydrogen-bond donors (Lipinski definition) is 2. The van der Waals surface area contributed by atoms with Gasteiger partial charge in [0.25, 0.3) is 0 Å². The minimum absolute atomic E-state index is 0.0537. The summed E-state index contributed by atoms with van der Waals surface area (Å²) < 4.78 is 23.4. The van der Waals surface area contributed by atoms with Crippen molar-refractivity contribution in [2.45, 2.75) is 31.1 Å². The third kappa shape index (κ3) is 2.84. The molecule has 5 heteroatoms. The molecule has 0 amide bonds. The van der Waals surface area contributed by atoms with Crippen LogP contribution in [-0.4, -0.2) is 31.1 Å². The van der Waals surface area contributed by atoms with Crippen LogP contribution < -0.4 is 5.32 Å². The number of benzene rings is 1. The number of sulfone groups is 1. The Labute approximate surface area is 108 Å². The van der Waals surface area contributed by atoms with Crippen LogP contribution in [0, 0.1) is 0 Å². The van der Waals surface area contributed by atoms with Gasteiger partial charge in [0, 0.05) is 18.2 Å². The summed E-state index contributed by atoms with van der Waals surface area (Å²) >= 11 is 0. The molecule has 2 unspecified atom stereocenters. The lowest BCUT2D eigenvalue weighted by Crippen LogP contribution is -2.32. The summed E-state index contributed by atoms with van der Waals surface area (Å²) in [7, 11) is -2.90. The van der Waals surface area contributed by atoms with Crippen LogP contribution in [0.15, 0.2) is 24.3 Å². The predicted octanol–water partition coefficient (Wildman–Crippen LogP) is 1.62. The molecule has 1 saturated heterocycles. The minimum Gasteiger partial charge on any atom is -0.508 e. The maximum atomic E-state index is 11.7.